The van der Waals surface area contributed by atoms with Crippen molar-refractivity contribution in [3.8, 4) is 5.75 Å². The summed E-state index contributed by atoms with van der Waals surface area (Å²) in [7, 11) is 0. The molecule has 24 heavy (non-hydrogen) atoms. The average Bonchev–Trinajstić information content (AvgIpc) is 2.54. The highest BCUT2D eigenvalue weighted by molar-refractivity contribution is 7.99. The van der Waals surface area contributed by atoms with Crippen LogP contribution in [0.5, 0.6) is 5.75 Å². The SMILES string of the molecule is CC(C)COc1ccc(CC(=O)NC2(C(=O)O)CCSCC2)cc1. The lowest BCUT2D eigenvalue weighted by Gasteiger charge is -2.33. The largest absolute Gasteiger partial charge is 0.493 e. The highest BCUT2D eigenvalue weighted by atomic mass is 32.2. The van der Waals surface area contributed by atoms with E-state index in [2.05, 4.69) is 19.2 Å². The number of amides is 1. The Morgan fingerprint density at radius 3 is 2.42 bits per heavy atom. The topological polar surface area (TPSA) is 75.6 Å². The lowest BCUT2D eigenvalue weighted by atomic mass is 9.92. The highest BCUT2D eigenvalue weighted by Gasteiger charge is 2.41. The van der Waals surface area contributed by atoms with Crippen molar-refractivity contribution in [2.24, 2.45) is 5.92 Å². The van der Waals surface area contributed by atoms with E-state index in [1.807, 2.05) is 24.3 Å². The monoisotopic (exact) mass is 351 g/mol. The summed E-state index contributed by atoms with van der Waals surface area (Å²) in [6.45, 7) is 4.82. The van der Waals surface area contributed by atoms with Crippen molar-refractivity contribution in [2.75, 3.05) is 18.1 Å². The van der Waals surface area contributed by atoms with Gasteiger partial charge >= 0.3 is 5.97 Å². The lowest BCUT2D eigenvalue weighted by Crippen LogP contribution is -2.56. The smallest absolute Gasteiger partial charge is 0.329 e. The molecule has 0 bridgehead atoms. The van der Waals surface area contributed by atoms with Crippen molar-refractivity contribution >= 4 is 23.6 Å². The minimum Gasteiger partial charge on any atom is -0.493 e. The molecule has 5 nitrogen and oxygen atoms in total. The van der Waals surface area contributed by atoms with Crippen LogP contribution in [0.4, 0.5) is 0 Å². The van der Waals surface area contributed by atoms with Crippen LogP contribution in [0.25, 0.3) is 0 Å². The van der Waals surface area contributed by atoms with E-state index in [-0.39, 0.29) is 12.3 Å². The summed E-state index contributed by atoms with van der Waals surface area (Å²) in [5, 5.41) is 12.3. The van der Waals surface area contributed by atoms with Gasteiger partial charge in [0.2, 0.25) is 5.91 Å². The van der Waals surface area contributed by atoms with Gasteiger partial charge in [-0.05, 0) is 48.0 Å². The number of thioether (sulfide) groups is 1. The second-order valence-corrected chi connectivity index (χ2v) is 7.80. The van der Waals surface area contributed by atoms with Crippen LogP contribution in [0.3, 0.4) is 0 Å². The molecule has 0 unspecified atom stereocenters. The summed E-state index contributed by atoms with van der Waals surface area (Å²) in [4.78, 5) is 23.9. The zero-order valence-electron chi connectivity index (χ0n) is 14.2. The maximum Gasteiger partial charge on any atom is 0.329 e. The number of hydrogen-bond acceptors (Lipinski definition) is 4. The Labute approximate surface area is 147 Å². The Kier molecular flexibility index (Phi) is 6.54. The van der Waals surface area contributed by atoms with Crippen molar-refractivity contribution in [3.63, 3.8) is 0 Å². The summed E-state index contributed by atoms with van der Waals surface area (Å²) in [5.74, 6) is 1.56. The first-order chi connectivity index (χ1) is 11.4. The van der Waals surface area contributed by atoms with E-state index in [4.69, 9.17) is 4.74 Å². The first-order valence-corrected chi connectivity index (χ1v) is 9.41. The van der Waals surface area contributed by atoms with Crippen molar-refractivity contribution in [1.82, 2.24) is 5.32 Å². The molecular formula is C18H25NO4S. The van der Waals surface area contributed by atoms with Gasteiger partial charge in [0, 0.05) is 0 Å². The molecule has 1 fully saturated rings. The second kappa shape index (κ2) is 8.42. The Bertz CT molecular complexity index is 565. The van der Waals surface area contributed by atoms with Crippen molar-refractivity contribution in [1.29, 1.82) is 0 Å². The summed E-state index contributed by atoms with van der Waals surface area (Å²) >= 11 is 1.73. The van der Waals surface area contributed by atoms with E-state index < -0.39 is 11.5 Å². The minimum absolute atomic E-state index is 0.173. The third-order valence-electron chi connectivity index (χ3n) is 4.01. The van der Waals surface area contributed by atoms with Crippen LogP contribution in [0.2, 0.25) is 0 Å². The van der Waals surface area contributed by atoms with Gasteiger partial charge in [-0.25, -0.2) is 4.79 Å². The maximum atomic E-state index is 12.3. The number of carbonyl (C=O) groups excluding carboxylic acids is 1. The molecule has 0 aliphatic carbocycles. The molecule has 1 aromatic rings. The zero-order chi connectivity index (χ0) is 17.6. The van der Waals surface area contributed by atoms with E-state index in [9.17, 15) is 14.7 Å². The lowest BCUT2D eigenvalue weighted by molar-refractivity contribution is -0.148. The van der Waals surface area contributed by atoms with Gasteiger partial charge < -0.3 is 15.2 Å². The van der Waals surface area contributed by atoms with Gasteiger partial charge in [-0.1, -0.05) is 26.0 Å². The fourth-order valence-corrected chi connectivity index (χ4v) is 3.76. The van der Waals surface area contributed by atoms with Crippen LogP contribution < -0.4 is 10.1 Å². The van der Waals surface area contributed by atoms with Gasteiger partial charge in [0.25, 0.3) is 0 Å². The highest BCUT2D eigenvalue weighted by Crippen LogP contribution is 2.27. The molecule has 1 heterocycles. The van der Waals surface area contributed by atoms with Crippen molar-refractivity contribution in [3.05, 3.63) is 29.8 Å². The first kappa shape index (κ1) is 18.6. The van der Waals surface area contributed by atoms with E-state index in [1.165, 1.54) is 0 Å². The van der Waals surface area contributed by atoms with Crippen LogP contribution in [0.15, 0.2) is 24.3 Å². The molecule has 2 rings (SSSR count). The molecule has 1 amide bonds. The first-order valence-electron chi connectivity index (χ1n) is 8.25. The molecule has 0 aromatic heterocycles. The van der Waals surface area contributed by atoms with Crippen LogP contribution in [-0.2, 0) is 16.0 Å². The normalized spacial score (nSPS) is 16.6. The molecule has 132 valence electrons. The predicted molar refractivity (Wildman–Crippen MR) is 95.5 cm³/mol. The standard InChI is InChI=1S/C18H25NO4S/c1-13(2)12-23-15-5-3-14(4-6-15)11-16(20)19-18(17(21)22)7-9-24-10-8-18/h3-6,13H,7-12H2,1-2H3,(H,19,20)(H,21,22). The molecule has 0 spiro atoms. The minimum atomic E-state index is -1.11. The summed E-state index contributed by atoms with van der Waals surface area (Å²) < 4.78 is 5.62. The third kappa shape index (κ3) is 5.16. The van der Waals surface area contributed by atoms with Crippen LogP contribution in [0, 0.1) is 5.92 Å². The van der Waals surface area contributed by atoms with E-state index in [0.717, 1.165) is 22.8 Å². The Balaban J connectivity index is 1.92. The number of aliphatic carboxylic acids is 1. The summed E-state index contributed by atoms with van der Waals surface area (Å²) in [5.41, 5.74) is -0.266. The van der Waals surface area contributed by atoms with E-state index in [1.54, 1.807) is 11.8 Å². The molecule has 6 heteroatoms. The Morgan fingerprint density at radius 2 is 1.88 bits per heavy atom. The second-order valence-electron chi connectivity index (χ2n) is 6.57. The van der Waals surface area contributed by atoms with Gasteiger partial charge in [-0.2, -0.15) is 11.8 Å². The fourth-order valence-electron chi connectivity index (χ4n) is 2.58. The summed E-state index contributed by atoms with van der Waals surface area (Å²) in [6.07, 6.45) is 1.12. The number of benzene rings is 1. The number of rotatable bonds is 7. The van der Waals surface area contributed by atoms with Crippen molar-refractivity contribution in [2.45, 2.75) is 38.6 Å². The molecule has 0 radical (unpaired) electrons. The number of hydrogen-bond donors (Lipinski definition) is 2. The molecule has 1 aliphatic rings. The van der Waals surface area contributed by atoms with Crippen LogP contribution in [0.1, 0.15) is 32.3 Å². The van der Waals surface area contributed by atoms with Gasteiger partial charge in [-0.15, -0.1) is 0 Å². The van der Waals surface area contributed by atoms with Gasteiger partial charge in [0.1, 0.15) is 11.3 Å². The predicted octanol–water partition coefficient (Wildman–Crippen LogP) is 2.73. The number of carboxylic acids is 1. The molecular weight excluding hydrogens is 326 g/mol. The number of carboxylic acid groups (broad SMARTS) is 1. The van der Waals surface area contributed by atoms with Crippen LogP contribution >= 0.6 is 11.8 Å². The molecule has 0 atom stereocenters. The van der Waals surface area contributed by atoms with E-state index in [0.29, 0.717) is 25.4 Å². The number of nitrogens with one attached hydrogen (secondary N) is 1. The molecule has 2 N–H and O–H groups in total. The molecule has 1 saturated heterocycles. The van der Waals surface area contributed by atoms with Crippen LogP contribution in [-0.4, -0.2) is 40.6 Å². The van der Waals surface area contributed by atoms with Gasteiger partial charge in [0.05, 0.1) is 13.0 Å². The molecule has 1 aromatic carbocycles. The number of carbonyl (C=O) groups is 2. The molecule has 0 saturated carbocycles. The maximum absolute atomic E-state index is 12.3. The fraction of sp³-hybridized carbons (Fsp3) is 0.556. The van der Waals surface area contributed by atoms with E-state index >= 15 is 0 Å². The Hall–Kier alpha value is -1.69. The number of ether oxygens (including phenoxy) is 1. The third-order valence-corrected chi connectivity index (χ3v) is 4.99. The quantitative estimate of drug-likeness (QED) is 0.790. The van der Waals surface area contributed by atoms with Gasteiger partial charge in [0.15, 0.2) is 0 Å². The molecule has 1 aliphatic heterocycles. The Morgan fingerprint density at radius 1 is 1.25 bits per heavy atom. The van der Waals surface area contributed by atoms with Gasteiger partial charge in [-0.3, -0.25) is 4.79 Å². The zero-order valence-corrected chi connectivity index (χ0v) is 15.0. The average molecular weight is 351 g/mol. The summed E-state index contributed by atoms with van der Waals surface area (Å²) in [6, 6.07) is 7.38. The van der Waals surface area contributed by atoms with Crippen molar-refractivity contribution < 1.29 is 19.4 Å².